The molecule has 1 saturated heterocycles. The van der Waals surface area contributed by atoms with Gasteiger partial charge in [-0.05, 0) is 12.8 Å². The molecule has 6 nitrogen and oxygen atoms in total. The fourth-order valence-corrected chi connectivity index (χ4v) is 2.60. The van der Waals surface area contributed by atoms with Crippen LogP contribution in [-0.4, -0.2) is 59.2 Å². The predicted molar refractivity (Wildman–Crippen MR) is 73.7 cm³/mol. The summed E-state index contributed by atoms with van der Waals surface area (Å²) in [6, 6.07) is 0.730. The topological polar surface area (TPSA) is 67.4 Å². The molecule has 108 valence electrons. The highest BCUT2D eigenvalue weighted by atomic mass is 35.5. The van der Waals surface area contributed by atoms with Crippen molar-refractivity contribution in [1.82, 2.24) is 20.2 Å². The van der Waals surface area contributed by atoms with Crippen LogP contribution < -0.4 is 5.32 Å². The third-order valence-electron chi connectivity index (χ3n) is 3.61. The van der Waals surface area contributed by atoms with Crippen LogP contribution in [-0.2, 0) is 4.74 Å². The smallest absolute Gasteiger partial charge is 0.271 e. The van der Waals surface area contributed by atoms with E-state index >= 15 is 0 Å². The van der Waals surface area contributed by atoms with Crippen LogP contribution in [0.4, 0.5) is 0 Å². The summed E-state index contributed by atoms with van der Waals surface area (Å²) in [5, 5.41) is 3.08. The van der Waals surface area contributed by atoms with Gasteiger partial charge >= 0.3 is 0 Å². The number of carbonyl (C=O) groups is 1. The molecule has 0 bridgehead atoms. The number of halogens is 1. The number of hydrogen-bond acceptors (Lipinski definition) is 5. The summed E-state index contributed by atoms with van der Waals surface area (Å²) >= 11 is 5.89. The van der Waals surface area contributed by atoms with Gasteiger partial charge in [0.15, 0.2) is 0 Å². The summed E-state index contributed by atoms with van der Waals surface area (Å²) in [5.74, 6) is -0.287. The molecule has 20 heavy (non-hydrogen) atoms. The molecule has 1 aliphatic carbocycles. The quantitative estimate of drug-likeness (QED) is 0.887. The standard InChI is InChI=1S/C13H17ClN4O2/c14-11-6-15-8-17-12(11)13(19)16-5-10-7-18(3-4-20-10)9-1-2-9/h6,8-10H,1-5,7H2,(H,16,19). The second-order valence-electron chi connectivity index (χ2n) is 5.15. The van der Waals surface area contributed by atoms with Crippen molar-refractivity contribution in [3.05, 3.63) is 23.2 Å². The second kappa shape index (κ2) is 6.03. The van der Waals surface area contributed by atoms with Gasteiger partial charge in [-0.25, -0.2) is 9.97 Å². The minimum Gasteiger partial charge on any atom is -0.374 e. The first kappa shape index (κ1) is 13.7. The lowest BCUT2D eigenvalue weighted by atomic mass is 10.2. The summed E-state index contributed by atoms with van der Waals surface area (Å²) in [7, 11) is 0. The Labute approximate surface area is 122 Å². The van der Waals surface area contributed by atoms with Gasteiger partial charge in [-0.1, -0.05) is 11.6 Å². The monoisotopic (exact) mass is 296 g/mol. The van der Waals surface area contributed by atoms with Crippen molar-refractivity contribution in [2.75, 3.05) is 26.2 Å². The summed E-state index contributed by atoms with van der Waals surface area (Å²) < 4.78 is 5.68. The van der Waals surface area contributed by atoms with E-state index in [-0.39, 0.29) is 22.7 Å². The molecule has 1 aromatic heterocycles. The Bertz CT molecular complexity index is 495. The molecule has 2 fully saturated rings. The van der Waals surface area contributed by atoms with Crippen LogP contribution in [0.1, 0.15) is 23.3 Å². The number of aromatic nitrogens is 2. The predicted octanol–water partition coefficient (Wildman–Crippen LogP) is 0.723. The zero-order valence-corrected chi connectivity index (χ0v) is 11.8. The molecule has 1 aromatic rings. The Morgan fingerprint density at radius 2 is 2.40 bits per heavy atom. The molecule has 1 aliphatic heterocycles. The normalized spacial score (nSPS) is 23.6. The molecule has 0 radical (unpaired) electrons. The van der Waals surface area contributed by atoms with E-state index in [9.17, 15) is 4.79 Å². The third kappa shape index (κ3) is 3.26. The number of morpholine rings is 1. The van der Waals surface area contributed by atoms with Crippen molar-refractivity contribution in [3.8, 4) is 0 Å². The van der Waals surface area contributed by atoms with E-state index < -0.39 is 0 Å². The lowest BCUT2D eigenvalue weighted by molar-refractivity contribution is -0.0293. The largest absolute Gasteiger partial charge is 0.374 e. The fraction of sp³-hybridized carbons (Fsp3) is 0.615. The zero-order chi connectivity index (χ0) is 13.9. The van der Waals surface area contributed by atoms with E-state index in [1.54, 1.807) is 0 Å². The first-order chi connectivity index (χ1) is 9.74. The molecule has 2 aliphatic rings. The van der Waals surface area contributed by atoms with Crippen LogP contribution in [0.3, 0.4) is 0 Å². The molecule has 0 spiro atoms. The molecule has 2 heterocycles. The van der Waals surface area contributed by atoms with Gasteiger partial charge in [0.2, 0.25) is 0 Å². The summed E-state index contributed by atoms with van der Waals surface area (Å²) in [5.41, 5.74) is 0.205. The second-order valence-corrected chi connectivity index (χ2v) is 5.56. The first-order valence-corrected chi connectivity index (χ1v) is 7.21. The van der Waals surface area contributed by atoms with Gasteiger partial charge in [0.1, 0.15) is 12.0 Å². The number of rotatable bonds is 4. The summed E-state index contributed by atoms with van der Waals surface area (Å²) in [6.07, 6.45) is 5.34. The lowest BCUT2D eigenvalue weighted by Crippen LogP contribution is -2.48. The number of nitrogens with zero attached hydrogens (tertiary/aromatic N) is 3. The van der Waals surface area contributed by atoms with Crippen molar-refractivity contribution >= 4 is 17.5 Å². The average Bonchev–Trinajstić information content (AvgIpc) is 3.30. The molecular weight excluding hydrogens is 280 g/mol. The number of amides is 1. The van der Waals surface area contributed by atoms with Gasteiger partial charge in [0.05, 0.1) is 17.7 Å². The van der Waals surface area contributed by atoms with Crippen LogP contribution in [0.5, 0.6) is 0 Å². The van der Waals surface area contributed by atoms with E-state index in [0.717, 1.165) is 25.7 Å². The number of hydrogen-bond donors (Lipinski definition) is 1. The number of carbonyl (C=O) groups excluding carboxylic acids is 1. The maximum absolute atomic E-state index is 12.0. The highest BCUT2D eigenvalue weighted by molar-refractivity contribution is 6.33. The Balaban J connectivity index is 1.51. The lowest BCUT2D eigenvalue weighted by Gasteiger charge is -2.33. The summed E-state index contributed by atoms with van der Waals surface area (Å²) in [4.78, 5) is 22.1. The Hall–Kier alpha value is -1.24. The molecule has 1 saturated carbocycles. The minimum absolute atomic E-state index is 0.0360. The summed E-state index contributed by atoms with van der Waals surface area (Å²) in [6.45, 7) is 3.07. The number of ether oxygens (including phenoxy) is 1. The molecule has 1 unspecified atom stereocenters. The van der Waals surface area contributed by atoms with Crippen LogP contribution in [0.2, 0.25) is 5.02 Å². The number of nitrogens with one attached hydrogen (secondary N) is 1. The molecule has 3 rings (SSSR count). The Morgan fingerprint density at radius 1 is 1.55 bits per heavy atom. The SMILES string of the molecule is O=C(NCC1CN(C2CC2)CCO1)c1ncncc1Cl. The van der Waals surface area contributed by atoms with Crippen LogP contribution >= 0.6 is 11.6 Å². The van der Waals surface area contributed by atoms with E-state index in [2.05, 4.69) is 20.2 Å². The Kier molecular flexibility index (Phi) is 4.14. The molecule has 0 aromatic carbocycles. The van der Waals surface area contributed by atoms with Gasteiger partial charge in [0, 0.05) is 31.9 Å². The van der Waals surface area contributed by atoms with E-state index in [1.807, 2.05) is 0 Å². The maximum atomic E-state index is 12.0. The third-order valence-corrected chi connectivity index (χ3v) is 3.88. The molecule has 1 atom stereocenters. The maximum Gasteiger partial charge on any atom is 0.271 e. The van der Waals surface area contributed by atoms with Crippen molar-refractivity contribution < 1.29 is 9.53 Å². The molecule has 1 amide bonds. The molecule has 7 heteroatoms. The van der Waals surface area contributed by atoms with Gasteiger partial charge < -0.3 is 10.1 Å². The van der Waals surface area contributed by atoms with Crippen LogP contribution in [0.25, 0.3) is 0 Å². The minimum atomic E-state index is -0.287. The Morgan fingerprint density at radius 3 is 3.15 bits per heavy atom. The zero-order valence-electron chi connectivity index (χ0n) is 11.1. The van der Waals surface area contributed by atoms with Gasteiger partial charge in [-0.2, -0.15) is 0 Å². The van der Waals surface area contributed by atoms with Crippen LogP contribution in [0.15, 0.2) is 12.5 Å². The van der Waals surface area contributed by atoms with Crippen molar-refractivity contribution in [3.63, 3.8) is 0 Å². The van der Waals surface area contributed by atoms with Crippen molar-refractivity contribution in [2.45, 2.75) is 25.0 Å². The van der Waals surface area contributed by atoms with E-state index in [4.69, 9.17) is 16.3 Å². The van der Waals surface area contributed by atoms with Crippen LogP contribution in [0, 0.1) is 0 Å². The van der Waals surface area contributed by atoms with Gasteiger partial charge in [-0.3, -0.25) is 9.69 Å². The highest BCUT2D eigenvalue weighted by Crippen LogP contribution is 2.28. The average molecular weight is 297 g/mol. The fourth-order valence-electron chi connectivity index (χ4n) is 2.41. The molecule has 1 N–H and O–H groups in total. The highest BCUT2D eigenvalue weighted by Gasteiger charge is 2.33. The van der Waals surface area contributed by atoms with E-state index in [0.29, 0.717) is 6.54 Å². The van der Waals surface area contributed by atoms with Crippen molar-refractivity contribution in [2.24, 2.45) is 0 Å². The van der Waals surface area contributed by atoms with Gasteiger partial charge in [0.25, 0.3) is 5.91 Å². The molecular formula is C13H17ClN4O2. The first-order valence-electron chi connectivity index (χ1n) is 6.83. The van der Waals surface area contributed by atoms with Gasteiger partial charge in [-0.15, -0.1) is 0 Å². The van der Waals surface area contributed by atoms with Crippen molar-refractivity contribution in [1.29, 1.82) is 0 Å². The van der Waals surface area contributed by atoms with E-state index in [1.165, 1.54) is 25.4 Å².